The Labute approximate surface area is 126 Å². The van der Waals surface area contributed by atoms with E-state index in [-0.39, 0.29) is 5.75 Å². The number of aromatic hydroxyl groups is 1. The maximum absolute atomic E-state index is 10.2. The Morgan fingerprint density at radius 2 is 1.81 bits per heavy atom. The van der Waals surface area contributed by atoms with Crippen LogP contribution in [0.3, 0.4) is 0 Å². The molecule has 0 saturated heterocycles. The van der Waals surface area contributed by atoms with Crippen LogP contribution in [0, 0.1) is 5.92 Å². The summed E-state index contributed by atoms with van der Waals surface area (Å²) in [6.07, 6.45) is 1.10. The molecule has 3 atom stereocenters. The normalized spacial score (nSPS) is 23.9. The standard InChI is InChI=1S/C19H22O2/c1-4-14-12(2)19(13-8-6-5-7-9-13)16-10-17(20)18(21-3)11-15(14)16/h5-12,14,19-20H,4H2,1-3H3/t12-,14+,19-/m0/s1. The van der Waals surface area contributed by atoms with E-state index in [9.17, 15) is 5.11 Å². The molecule has 0 amide bonds. The number of phenolic OH excluding ortho intramolecular Hbond substituents is 1. The Hall–Kier alpha value is -1.96. The number of phenols is 1. The van der Waals surface area contributed by atoms with Crippen LogP contribution in [-0.4, -0.2) is 12.2 Å². The lowest BCUT2D eigenvalue weighted by molar-refractivity contribution is 0.372. The Bertz CT molecular complexity index is 634. The smallest absolute Gasteiger partial charge is 0.160 e. The zero-order valence-electron chi connectivity index (χ0n) is 12.8. The second-order valence-corrected chi connectivity index (χ2v) is 5.92. The first-order chi connectivity index (χ1) is 10.2. The van der Waals surface area contributed by atoms with Crippen molar-refractivity contribution in [1.82, 2.24) is 0 Å². The zero-order valence-corrected chi connectivity index (χ0v) is 12.8. The molecule has 21 heavy (non-hydrogen) atoms. The summed E-state index contributed by atoms with van der Waals surface area (Å²) in [5.74, 6) is 2.20. The van der Waals surface area contributed by atoms with Gasteiger partial charge in [0, 0.05) is 5.92 Å². The summed E-state index contributed by atoms with van der Waals surface area (Å²) in [5, 5.41) is 10.2. The number of fused-ring (bicyclic) bond motifs is 1. The molecule has 1 aliphatic rings. The Balaban J connectivity index is 2.16. The highest BCUT2D eigenvalue weighted by molar-refractivity contribution is 5.54. The number of hydrogen-bond donors (Lipinski definition) is 1. The first-order valence-corrected chi connectivity index (χ1v) is 7.63. The number of rotatable bonds is 3. The van der Waals surface area contributed by atoms with Gasteiger partial charge in [-0.2, -0.15) is 0 Å². The maximum atomic E-state index is 10.2. The number of methoxy groups -OCH3 is 1. The summed E-state index contributed by atoms with van der Waals surface area (Å²) in [4.78, 5) is 0. The van der Waals surface area contributed by atoms with Crippen LogP contribution < -0.4 is 4.74 Å². The van der Waals surface area contributed by atoms with Gasteiger partial charge in [-0.05, 0) is 47.1 Å². The lowest BCUT2D eigenvalue weighted by Gasteiger charge is -2.21. The van der Waals surface area contributed by atoms with Crippen molar-refractivity contribution in [2.75, 3.05) is 7.11 Å². The molecule has 0 radical (unpaired) electrons. The van der Waals surface area contributed by atoms with E-state index in [4.69, 9.17) is 4.74 Å². The van der Waals surface area contributed by atoms with E-state index in [1.807, 2.05) is 18.2 Å². The van der Waals surface area contributed by atoms with E-state index in [0.717, 1.165) is 6.42 Å². The fourth-order valence-electron chi connectivity index (χ4n) is 3.89. The summed E-state index contributed by atoms with van der Waals surface area (Å²) < 4.78 is 5.29. The average Bonchev–Trinajstić information content (AvgIpc) is 2.77. The van der Waals surface area contributed by atoms with E-state index in [1.165, 1.54) is 16.7 Å². The lowest BCUT2D eigenvalue weighted by Crippen LogP contribution is -2.09. The molecule has 3 rings (SSSR count). The Kier molecular flexibility index (Phi) is 3.62. The molecule has 110 valence electrons. The van der Waals surface area contributed by atoms with Crippen LogP contribution in [0.4, 0.5) is 0 Å². The molecule has 0 saturated carbocycles. The third-order valence-corrected chi connectivity index (χ3v) is 4.88. The van der Waals surface area contributed by atoms with E-state index in [0.29, 0.717) is 23.5 Å². The first-order valence-electron chi connectivity index (χ1n) is 7.63. The van der Waals surface area contributed by atoms with Gasteiger partial charge in [0.1, 0.15) is 0 Å². The molecule has 0 fully saturated rings. The average molecular weight is 282 g/mol. The van der Waals surface area contributed by atoms with Crippen molar-refractivity contribution >= 4 is 0 Å². The lowest BCUT2D eigenvalue weighted by atomic mass is 9.83. The minimum Gasteiger partial charge on any atom is -0.504 e. The van der Waals surface area contributed by atoms with Crippen molar-refractivity contribution in [3.05, 3.63) is 59.2 Å². The number of ether oxygens (including phenoxy) is 1. The molecule has 0 heterocycles. The van der Waals surface area contributed by atoms with Gasteiger partial charge in [0.05, 0.1) is 7.11 Å². The fraction of sp³-hybridized carbons (Fsp3) is 0.368. The van der Waals surface area contributed by atoms with E-state index in [2.05, 4.69) is 38.1 Å². The Morgan fingerprint density at radius 1 is 1.10 bits per heavy atom. The highest BCUT2D eigenvalue weighted by atomic mass is 16.5. The molecule has 1 aliphatic carbocycles. The van der Waals surface area contributed by atoms with Gasteiger partial charge in [-0.3, -0.25) is 0 Å². The first kappa shape index (κ1) is 14.0. The third-order valence-electron chi connectivity index (χ3n) is 4.88. The molecule has 2 heteroatoms. The summed E-state index contributed by atoms with van der Waals surface area (Å²) >= 11 is 0. The van der Waals surface area contributed by atoms with Crippen LogP contribution in [0.2, 0.25) is 0 Å². The highest BCUT2D eigenvalue weighted by Crippen LogP contribution is 2.53. The molecular weight excluding hydrogens is 260 g/mol. The van der Waals surface area contributed by atoms with Crippen LogP contribution in [0.5, 0.6) is 11.5 Å². The molecule has 2 aromatic rings. The fourth-order valence-corrected chi connectivity index (χ4v) is 3.89. The summed E-state index contributed by atoms with van der Waals surface area (Å²) in [6.45, 7) is 4.55. The molecule has 0 spiro atoms. The minimum atomic E-state index is 0.237. The molecule has 0 aliphatic heterocycles. The van der Waals surface area contributed by atoms with Gasteiger partial charge >= 0.3 is 0 Å². The van der Waals surface area contributed by atoms with Gasteiger partial charge in [0.25, 0.3) is 0 Å². The van der Waals surface area contributed by atoms with Crippen molar-refractivity contribution in [1.29, 1.82) is 0 Å². The van der Waals surface area contributed by atoms with E-state index >= 15 is 0 Å². The van der Waals surface area contributed by atoms with Gasteiger partial charge in [-0.15, -0.1) is 0 Å². The highest BCUT2D eigenvalue weighted by Gasteiger charge is 2.38. The van der Waals surface area contributed by atoms with Crippen molar-refractivity contribution in [3.8, 4) is 11.5 Å². The van der Waals surface area contributed by atoms with Crippen LogP contribution >= 0.6 is 0 Å². The Morgan fingerprint density at radius 3 is 2.43 bits per heavy atom. The van der Waals surface area contributed by atoms with Gasteiger partial charge in [-0.25, -0.2) is 0 Å². The van der Waals surface area contributed by atoms with Crippen LogP contribution in [-0.2, 0) is 0 Å². The van der Waals surface area contributed by atoms with Crippen LogP contribution in [0.25, 0.3) is 0 Å². The molecule has 1 N–H and O–H groups in total. The summed E-state index contributed by atoms with van der Waals surface area (Å²) in [7, 11) is 1.61. The summed E-state index contributed by atoms with van der Waals surface area (Å²) in [5.41, 5.74) is 3.90. The molecular formula is C19H22O2. The minimum absolute atomic E-state index is 0.237. The predicted octanol–water partition coefficient (Wildman–Crippen LogP) is 4.68. The largest absolute Gasteiger partial charge is 0.504 e. The zero-order chi connectivity index (χ0) is 15.0. The number of hydrogen-bond acceptors (Lipinski definition) is 2. The second kappa shape index (κ2) is 5.44. The number of benzene rings is 2. The molecule has 2 aromatic carbocycles. The van der Waals surface area contributed by atoms with Crippen LogP contribution in [0.1, 0.15) is 48.8 Å². The third kappa shape index (κ3) is 2.19. The molecule has 0 unspecified atom stereocenters. The van der Waals surface area contributed by atoms with Crippen molar-refractivity contribution in [3.63, 3.8) is 0 Å². The van der Waals surface area contributed by atoms with Gasteiger partial charge < -0.3 is 9.84 Å². The summed E-state index contributed by atoms with van der Waals surface area (Å²) in [6, 6.07) is 14.5. The van der Waals surface area contributed by atoms with Gasteiger partial charge in [-0.1, -0.05) is 44.2 Å². The quantitative estimate of drug-likeness (QED) is 0.886. The SMILES string of the molecule is CC[C@H]1c2cc(OC)c(O)cc2[C@H](c2ccccc2)[C@H]1C. The molecule has 2 nitrogen and oxygen atoms in total. The van der Waals surface area contributed by atoms with Crippen LogP contribution in [0.15, 0.2) is 42.5 Å². The van der Waals surface area contributed by atoms with Gasteiger partial charge in [0.15, 0.2) is 11.5 Å². The second-order valence-electron chi connectivity index (χ2n) is 5.92. The van der Waals surface area contributed by atoms with E-state index < -0.39 is 0 Å². The van der Waals surface area contributed by atoms with Crippen molar-refractivity contribution in [2.45, 2.75) is 32.1 Å². The van der Waals surface area contributed by atoms with Crippen molar-refractivity contribution in [2.24, 2.45) is 5.92 Å². The molecule has 0 bridgehead atoms. The van der Waals surface area contributed by atoms with Crippen molar-refractivity contribution < 1.29 is 9.84 Å². The monoisotopic (exact) mass is 282 g/mol. The maximum Gasteiger partial charge on any atom is 0.160 e. The molecule has 0 aromatic heterocycles. The van der Waals surface area contributed by atoms with E-state index in [1.54, 1.807) is 7.11 Å². The predicted molar refractivity (Wildman–Crippen MR) is 85.1 cm³/mol. The van der Waals surface area contributed by atoms with Gasteiger partial charge in [0.2, 0.25) is 0 Å². The topological polar surface area (TPSA) is 29.5 Å².